The number of aromatic nitrogens is 2. The summed E-state index contributed by atoms with van der Waals surface area (Å²) in [7, 11) is 0. The fraction of sp³-hybridized carbons (Fsp3) is 0.238. The third-order valence-electron chi connectivity index (χ3n) is 4.97. The Morgan fingerprint density at radius 1 is 1.11 bits per heavy atom. The van der Waals surface area contributed by atoms with Crippen LogP contribution in [0.1, 0.15) is 38.8 Å². The van der Waals surface area contributed by atoms with Crippen LogP contribution in [0.5, 0.6) is 0 Å². The second kappa shape index (κ2) is 7.52. The van der Waals surface area contributed by atoms with Crippen LogP contribution in [0.4, 0.5) is 10.8 Å². The minimum atomic E-state index is -0.220. The minimum absolute atomic E-state index is 0.0195. The largest absolute Gasteiger partial charge is 0.312 e. The summed E-state index contributed by atoms with van der Waals surface area (Å²) in [5.41, 5.74) is 3.85. The van der Waals surface area contributed by atoms with E-state index in [2.05, 4.69) is 22.4 Å². The van der Waals surface area contributed by atoms with Crippen LogP contribution in [0, 0.1) is 13.8 Å². The van der Waals surface area contributed by atoms with Crippen molar-refractivity contribution < 1.29 is 9.59 Å². The van der Waals surface area contributed by atoms with Crippen molar-refractivity contribution in [2.24, 2.45) is 0 Å². The predicted octanol–water partition coefficient (Wildman–Crippen LogP) is 3.93. The molecule has 1 atom stereocenters. The van der Waals surface area contributed by atoms with Crippen molar-refractivity contribution in [2.75, 3.05) is 16.8 Å². The Bertz CT molecular complexity index is 1030. The third-order valence-corrected chi connectivity index (χ3v) is 5.97. The van der Waals surface area contributed by atoms with Gasteiger partial charge in [0.15, 0.2) is 0 Å². The molecular formula is C21H20N4O2S. The predicted molar refractivity (Wildman–Crippen MR) is 110 cm³/mol. The molecule has 0 aliphatic carbocycles. The van der Waals surface area contributed by atoms with E-state index in [1.807, 2.05) is 43.3 Å². The van der Waals surface area contributed by atoms with Gasteiger partial charge in [-0.1, -0.05) is 35.6 Å². The van der Waals surface area contributed by atoms with E-state index in [9.17, 15) is 9.59 Å². The van der Waals surface area contributed by atoms with E-state index in [0.29, 0.717) is 23.7 Å². The summed E-state index contributed by atoms with van der Waals surface area (Å²) in [6.07, 6.45) is 0.397. The van der Waals surface area contributed by atoms with Gasteiger partial charge in [-0.15, -0.1) is 10.2 Å². The fourth-order valence-electron chi connectivity index (χ4n) is 3.22. The molecule has 0 saturated carbocycles. The third kappa shape index (κ3) is 3.66. The first-order valence-corrected chi connectivity index (χ1v) is 9.90. The first-order valence-electron chi connectivity index (χ1n) is 9.08. The molecule has 1 fully saturated rings. The van der Waals surface area contributed by atoms with Crippen molar-refractivity contribution in [3.8, 4) is 0 Å². The average molecular weight is 392 g/mol. The first-order chi connectivity index (χ1) is 13.5. The zero-order valence-electron chi connectivity index (χ0n) is 15.7. The molecule has 28 heavy (non-hydrogen) atoms. The van der Waals surface area contributed by atoms with E-state index >= 15 is 0 Å². The smallest absolute Gasteiger partial charge is 0.257 e. The molecule has 0 spiro atoms. The Hall–Kier alpha value is -3.06. The van der Waals surface area contributed by atoms with Crippen LogP contribution in [-0.2, 0) is 4.79 Å². The molecule has 2 heterocycles. The van der Waals surface area contributed by atoms with Crippen LogP contribution in [0.3, 0.4) is 0 Å². The van der Waals surface area contributed by atoms with E-state index in [1.165, 1.54) is 16.9 Å². The number of carbonyl (C=O) groups excluding carboxylic acids is 2. The molecule has 142 valence electrons. The van der Waals surface area contributed by atoms with Gasteiger partial charge in [0.25, 0.3) is 5.91 Å². The molecule has 0 unspecified atom stereocenters. The highest BCUT2D eigenvalue weighted by atomic mass is 32.1. The molecule has 0 radical (unpaired) electrons. The van der Waals surface area contributed by atoms with Gasteiger partial charge in [-0.05, 0) is 49.2 Å². The van der Waals surface area contributed by atoms with Crippen molar-refractivity contribution in [3.63, 3.8) is 0 Å². The lowest BCUT2D eigenvalue weighted by Gasteiger charge is -2.17. The molecule has 0 bridgehead atoms. The fourth-order valence-corrected chi connectivity index (χ4v) is 4.05. The summed E-state index contributed by atoms with van der Waals surface area (Å²) in [5.74, 6) is -0.158. The zero-order chi connectivity index (χ0) is 19.7. The number of aryl methyl sites for hydroxylation is 2. The SMILES string of the molecule is Cc1ccc(N2C[C@@H](c3nnc(NC(=O)c4ccccc4)s3)CC2=O)cc1C. The van der Waals surface area contributed by atoms with Crippen molar-refractivity contribution in [2.45, 2.75) is 26.2 Å². The maximum Gasteiger partial charge on any atom is 0.257 e. The maximum absolute atomic E-state index is 12.5. The highest BCUT2D eigenvalue weighted by Gasteiger charge is 2.34. The molecule has 7 heteroatoms. The normalized spacial score (nSPS) is 16.4. The summed E-state index contributed by atoms with van der Waals surface area (Å²) in [6.45, 7) is 4.67. The van der Waals surface area contributed by atoms with Gasteiger partial charge in [0.05, 0.1) is 0 Å². The minimum Gasteiger partial charge on any atom is -0.312 e. The summed E-state index contributed by atoms with van der Waals surface area (Å²) < 4.78 is 0. The lowest BCUT2D eigenvalue weighted by atomic mass is 10.1. The van der Waals surface area contributed by atoms with Crippen LogP contribution in [0.25, 0.3) is 0 Å². The summed E-state index contributed by atoms with van der Waals surface area (Å²) >= 11 is 1.32. The molecule has 2 aromatic carbocycles. The maximum atomic E-state index is 12.5. The number of nitrogens with zero attached hydrogens (tertiary/aromatic N) is 3. The van der Waals surface area contributed by atoms with Crippen LogP contribution in [-0.4, -0.2) is 28.6 Å². The summed E-state index contributed by atoms with van der Waals surface area (Å²) in [6, 6.07) is 15.0. The Morgan fingerprint density at radius 3 is 2.64 bits per heavy atom. The Labute approximate surface area is 167 Å². The van der Waals surface area contributed by atoms with Crippen molar-refractivity contribution in [1.29, 1.82) is 0 Å². The van der Waals surface area contributed by atoms with Gasteiger partial charge < -0.3 is 4.90 Å². The highest BCUT2D eigenvalue weighted by Crippen LogP contribution is 2.34. The topological polar surface area (TPSA) is 75.2 Å². The average Bonchev–Trinajstić information content (AvgIpc) is 3.31. The van der Waals surface area contributed by atoms with Gasteiger partial charge in [0.1, 0.15) is 5.01 Å². The van der Waals surface area contributed by atoms with Gasteiger partial charge >= 0.3 is 0 Å². The van der Waals surface area contributed by atoms with E-state index in [0.717, 1.165) is 16.3 Å². The van der Waals surface area contributed by atoms with Gasteiger partial charge in [0.2, 0.25) is 11.0 Å². The highest BCUT2D eigenvalue weighted by molar-refractivity contribution is 7.15. The van der Waals surface area contributed by atoms with Crippen LogP contribution in [0.2, 0.25) is 0 Å². The van der Waals surface area contributed by atoms with E-state index < -0.39 is 0 Å². The lowest BCUT2D eigenvalue weighted by Crippen LogP contribution is -2.24. The van der Waals surface area contributed by atoms with Crippen molar-refractivity contribution in [3.05, 3.63) is 70.2 Å². The second-order valence-electron chi connectivity index (χ2n) is 6.94. The first kappa shape index (κ1) is 18.3. The second-order valence-corrected chi connectivity index (χ2v) is 7.95. The molecule has 1 saturated heterocycles. The van der Waals surface area contributed by atoms with Crippen LogP contribution >= 0.6 is 11.3 Å². The Balaban J connectivity index is 1.46. The Kier molecular flexibility index (Phi) is 4.92. The molecule has 4 rings (SSSR count). The molecule has 1 aliphatic heterocycles. The molecular weight excluding hydrogens is 372 g/mol. The molecule has 6 nitrogen and oxygen atoms in total. The van der Waals surface area contributed by atoms with Gasteiger partial charge in [-0.25, -0.2) is 0 Å². The number of nitrogens with one attached hydrogen (secondary N) is 1. The molecule has 2 amide bonds. The molecule has 1 aromatic heterocycles. The number of hydrogen-bond acceptors (Lipinski definition) is 5. The number of carbonyl (C=O) groups is 2. The number of rotatable bonds is 4. The number of anilines is 2. The van der Waals surface area contributed by atoms with E-state index in [4.69, 9.17) is 0 Å². The van der Waals surface area contributed by atoms with Gasteiger partial charge in [0, 0.05) is 30.1 Å². The Morgan fingerprint density at radius 2 is 1.89 bits per heavy atom. The van der Waals surface area contributed by atoms with E-state index in [-0.39, 0.29) is 17.7 Å². The van der Waals surface area contributed by atoms with Crippen molar-refractivity contribution in [1.82, 2.24) is 10.2 Å². The zero-order valence-corrected chi connectivity index (χ0v) is 16.5. The monoisotopic (exact) mass is 392 g/mol. The van der Waals surface area contributed by atoms with E-state index in [1.54, 1.807) is 17.0 Å². The van der Waals surface area contributed by atoms with Crippen molar-refractivity contribution >= 4 is 34.0 Å². The van der Waals surface area contributed by atoms with Crippen LogP contribution in [0.15, 0.2) is 48.5 Å². The van der Waals surface area contributed by atoms with Gasteiger partial charge in [-0.3, -0.25) is 14.9 Å². The lowest BCUT2D eigenvalue weighted by molar-refractivity contribution is -0.117. The quantitative estimate of drug-likeness (QED) is 0.730. The van der Waals surface area contributed by atoms with Gasteiger partial charge in [-0.2, -0.15) is 0 Å². The number of benzene rings is 2. The summed E-state index contributed by atoms with van der Waals surface area (Å²) in [5, 5.41) is 12.3. The summed E-state index contributed by atoms with van der Waals surface area (Å²) in [4.78, 5) is 26.6. The standard InChI is InChI=1S/C21H20N4O2S/c1-13-8-9-17(10-14(13)2)25-12-16(11-18(25)26)20-23-24-21(28-20)22-19(27)15-6-4-3-5-7-15/h3-10,16H,11-12H2,1-2H3,(H,22,24,27)/t16-/m0/s1. The number of hydrogen-bond donors (Lipinski definition) is 1. The number of amides is 2. The molecule has 1 N–H and O–H groups in total. The van der Waals surface area contributed by atoms with Crippen LogP contribution < -0.4 is 10.2 Å². The molecule has 3 aromatic rings. The molecule has 1 aliphatic rings.